The van der Waals surface area contributed by atoms with Crippen LogP contribution < -0.4 is 5.32 Å². The minimum absolute atomic E-state index is 0.0636. The zero-order chi connectivity index (χ0) is 22.1. The van der Waals surface area contributed by atoms with Gasteiger partial charge in [-0.05, 0) is 55.5 Å². The average molecular weight is 427 g/mol. The quantitative estimate of drug-likeness (QED) is 0.390. The van der Waals surface area contributed by atoms with Crippen LogP contribution in [0.5, 0.6) is 0 Å². The number of nitrogens with zero attached hydrogens (tertiary/aromatic N) is 2. The van der Waals surface area contributed by atoms with Gasteiger partial charge in [0.05, 0.1) is 0 Å². The number of hydrogen-bond acceptors (Lipinski definition) is 3. The van der Waals surface area contributed by atoms with Crippen molar-refractivity contribution in [1.29, 1.82) is 0 Å². The maximum Gasteiger partial charge on any atom is 0.253 e. The molecule has 3 rings (SSSR count). The first-order chi connectivity index (χ1) is 15.0. The largest absolute Gasteiger partial charge is 0.353 e. The lowest BCUT2D eigenvalue weighted by molar-refractivity contribution is -0.116. The third-order valence-corrected chi connectivity index (χ3v) is 5.52. The fourth-order valence-electron chi connectivity index (χ4n) is 3.73. The van der Waals surface area contributed by atoms with Crippen LogP contribution in [0.3, 0.4) is 0 Å². The number of rotatable bonds is 8. The van der Waals surface area contributed by atoms with Crippen LogP contribution in [0.2, 0.25) is 0 Å². The summed E-state index contributed by atoms with van der Waals surface area (Å²) in [6.45, 7) is 2.11. The van der Waals surface area contributed by atoms with Gasteiger partial charge in [-0.1, -0.05) is 31.0 Å². The van der Waals surface area contributed by atoms with Crippen LogP contribution >= 0.6 is 0 Å². The van der Waals surface area contributed by atoms with Crippen LogP contribution in [0, 0.1) is 17.8 Å². The van der Waals surface area contributed by atoms with Crippen LogP contribution in [0.1, 0.15) is 48.0 Å². The first kappa shape index (κ1) is 22.6. The molecule has 2 heterocycles. The van der Waals surface area contributed by atoms with Crippen molar-refractivity contribution in [3.05, 3.63) is 71.6 Å². The van der Waals surface area contributed by atoms with E-state index < -0.39 is 11.9 Å². The molecule has 31 heavy (non-hydrogen) atoms. The van der Waals surface area contributed by atoms with Crippen molar-refractivity contribution in [2.45, 2.75) is 32.1 Å². The maximum absolute atomic E-state index is 13.4. The van der Waals surface area contributed by atoms with Gasteiger partial charge in [0.15, 0.2) is 0 Å². The Kier molecular flexibility index (Phi) is 8.27. The van der Waals surface area contributed by atoms with Gasteiger partial charge in [-0.3, -0.25) is 9.59 Å². The second kappa shape index (κ2) is 11.3. The van der Waals surface area contributed by atoms with E-state index in [1.54, 1.807) is 0 Å². The molecule has 2 aromatic rings. The van der Waals surface area contributed by atoms with E-state index in [0.29, 0.717) is 12.5 Å². The normalized spacial score (nSPS) is 14.7. The van der Waals surface area contributed by atoms with Gasteiger partial charge in [-0.15, -0.1) is 0 Å². The predicted octanol–water partition coefficient (Wildman–Crippen LogP) is 4.21. The van der Waals surface area contributed by atoms with Crippen molar-refractivity contribution < 1.29 is 18.4 Å². The van der Waals surface area contributed by atoms with E-state index in [2.05, 4.69) is 10.3 Å². The lowest BCUT2D eigenvalue weighted by Gasteiger charge is -2.32. The summed E-state index contributed by atoms with van der Waals surface area (Å²) < 4.78 is 26.2. The van der Waals surface area contributed by atoms with E-state index in [-0.39, 0.29) is 17.4 Å². The molecule has 5 nitrogen and oxygen atoms in total. The fourth-order valence-corrected chi connectivity index (χ4v) is 3.73. The topological polar surface area (TPSA) is 62.3 Å². The van der Waals surface area contributed by atoms with Crippen molar-refractivity contribution in [1.82, 2.24) is 15.2 Å². The summed E-state index contributed by atoms with van der Waals surface area (Å²) in [5.74, 6) is -1.46. The molecule has 1 aliphatic heterocycles. The lowest BCUT2D eigenvalue weighted by atomic mass is 9.91. The highest BCUT2D eigenvalue weighted by molar-refractivity contribution is 5.94. The Morgan fingerprint density at radius 3 is 2.52 bits per heavy atom. The summed E-state index contributed by atoms with van der Waals surface area (Å²) in [4.78, 5) is 29.3. The molecule has 0 aliphatic carbocycles. The van der Waals surface area contributed by atoms with Gasteiger partial charge in [0, 0.05) is 36.8 Å². The fraction of sp³-hybridized carbons (Fsp3) is 0.375. The van der Waals surface area contributed by atoms with Crippen LogP contribution in [-0.2, 0) is 4.79 Å². The van der Waals surface area contributed by atoms with E-state index >= 15 is 0 Å². The third kappa shape index (κ3) is 6.98. The van der Waals surface area contributed by atoms with E-state index in [4.69, 9.17) is 0 Å². The third-order valence-electron chi connectivity index (χ3n) is 5.52. The molecule has 0 atom stereocenters. The maximum atomic E-state index is 13.4. The first-order valence-corrected chi connectivity index (χ1v) is 10.6. The molecule has 0 saturated carbocycles. The van der Waals surface area contributed by atoms with Crippen molar-refractivity contribution in [2.24, 2.45) is 5.92 Å². The standard InChI is InChI=1S/C24H27F2N3O2/c25-21-11-9-19(23(26)28-21)10-12-22(30)27-15-5-4-6-18-13-16-29(17-14-18)24(31)20-7-2-1-3-8-20/h1-3,7-12,18H,4-6,13-17H2,(H,27,30)/b12-10+. The van der Waals surface area contributed by atoms with Gasteiger partial charge in [0.1, 0.15) is 0 Å². The van der Waals surface area contributed by atoms with Gasteiger partial charge in [-0.2, -0.15) is 13.8 Å². The molecule has 1 N–H and O–H groups in total. The smallest absolute Gasteiger partial charge is 0.253 e. The highest BCUT2D eigenvalue weighted by atomic mass is 19.1. The van der Waals surface area contributed by atoms with Gasteiger partial charge < -0.3 is 10.2 Å². The number of halogens is 2. The molecular weight excluding hydrogens is 400 g/mol. The SMILES string of the molecule is O=C(/C=C/c1ccc(F)nc1F)NCCCCC1CCN(C(=O)c2ccccc2)CC1. The molecular formula is C24H27F2N3O2. The number of nitrogens with one attached hydrogen (secondary N) is 1. The van der Waals surface area contributed by atoms with Crippen LogP contribution in [-0.4, -0.2) is 41.3 Å². The molecule has 164 valence electrons. The number of aromatic nitrogens is 1. The van der Waals surface area contributed by atoms with Gasteiger partial charge in [-0.25, -0.2) is 0 Å². The number of unbranched alkanes of at least 4 members (excludes halogenated alkanes) is 1. The average Bonchev–Trinajstić information content (AvgIpc) is 2.79. The highest BCUT2D eigenvalue weighted by Gasteiger charge is 2.23. The summed E-state index contributed by atoms with van der Waals surface area (Å²) in [5.41, 5.74) is 0.804. The van der Waals surface area contributed by atoms with Crippen LogP contribution in [0.4, 0.5) is 8.78 Å². The molecule has 1 saturated heterocycles. The van der Waals surface area contributed by atoms with E-state index in [0.717, 1.165) is 56.8 Å². The Morgan fingerprint density at radius 2 is 1.81 bits per heavy atom. The van der Waals surface area contributed by atoms with E-state index in [9.17, 15) is 18.4 Å². The number of carbonyl (C=O) groups excluding carboxylic acids is 2. The second-order valence-corrected chi connectivity index (χ2v) is 7.74. The van der Waals surface area contributed by atoms with E-state index in [1.807, 2.05) is 35.2 Å². The van der Waals surface area contributed by atoms with Gasteiger partial charge in [0.2, 0.25) is 17.8 Å². The molecule has 0 radical (unpaired) electrons. The molecule has 0 bridgehead atoms. The Balaban J connectivity index is 1.29. The number of piperidine rings is 1. The molecule has 1 aliphatic rings. The first-order valence-electron chi connectivity index (χ1n) is 10.6. The van der Waals surface area contributed by atoms with Crippen molar-refractivity contribution in [3.63, 3.8) is 0 Å². The summed E-state index contributed by atoms with van der Waals surface area (Å²) in [5, 5.41) is 2.77. The van der Waals surface area contributed by atoms with Crippen molar-refractivity contribution in [2.75, 3.05) is 19.6 Å². The zero-order valence-electron chi connectivity index (χ0n) is 17.4. The summed E-state index contributed by atoms with van der Waals surface area (Å²) >= 11 is 0. The lowest BCUT2D eigenvalue weighted by Crippen LogP contribution is -2.38. The number of benzene rings is 1. The summed E-state index contributed by atoms with van der Waals surface area (Å²) in [7, 11) is 0. The van der Waals surface area contributed by atoms with Crippen LogP contribution in [0.25, 0.3) is 6.08 Å². The van der Waals surface area contributed by atoms with Crippen molar-refractivity contribution in [3.8, 4) is 0 Å². The Labute approximate surface area is 181 Å². The Bertz CT molecular complexity index is 910. The number of likely N-dealkylation sites (tertiary alicyclic amines) is 1. The van der Waals surface area contributed by atoms with Gasteiger partial charge in [0.25, 0.3) is 5.91 Å². The van der Waals surface area contributed by atoms with Crippen LogP contribution in [0.15, 0.2) is 48.5 Å². The molecule has 7 heteroatoms. The zero-order valence-corrected chi connectivity index (χ0v) is 17.4. The van der Waals surface area contributed by atoms with Gasteiger partial charge >= 0.3 is 0 Å². The molecule has 1 fully saturated rings. The number of hydrogen-bond donors (Lipinski definition) is 1. The minimum atomic E-state index is -0.944. The Morgan fingerprint density at radius 1 is 1.06 bits per heavy atom. The number of carbonyl (C=O) groups is 2. The summed E-state index contributed by atoms with van der Waals surface area (Å²) in [6, 6.07) is 11.7. The molecule has 0 unspecified atom stereocenters. The highest BCUT2D eigenvalue weighted by Crippen LogP contribution is 2.23. The summed E-state index contributed by atoms with van der Waals surface area (Å²) in [6.07, 6.45) is 7.44. The predicted molar refractivity (Wildman–Crippen MR) is 115 cm³/mol. The second-order valence-electron chi connectivity index (χ2n) is 7.74. The molecule has 1 aromatic carbocycles. The number of amides is 2. The minimum Gasteiger partial charge on any atom is -0.353 e. The number of pyridine rings is 1. The monoisotopic (exact) mass is 427 g/mol. The molecule has 2 amide bonds. The van der Waals surface area contributed by atoms with Crippen molar-refractivity contribution >= 4 is 17.9 Å². The Hall–Kier alpha value is -3.09. The molecule has 0 spiro atoms. The van der Waals surface area contributed by atoms with E-state index in [1.165, 1.54) is 18.2 Å². The molecule has 1 aromatic heterocycles.